The highest BCUT2D eigenvalue weighted by Gasteiger charge is 2.27. The van der Waals surface area contributed by atoms with E-state index >= 15 is 0 Å². The van der Waals surface area contributed by atoms with Crippen molar-refractivity contribution in [1.29, 1.82) is 0 Å². The van der Waals surface area contributed by atoms with Crippen LogP contribution in [0.1, 0.15) is 42.8 Å². The molecule has 0 aromatic carbocycles. The molecule has 26 heavy (non-hydrogen) atoms. The standard InChI is InChI=1S/C19H25N5O2/c1-26-13-17-20-9-8-18(21-17)23-10-4-6-15(23)12-24-19(25)11-14-5-2-3-7-16(14)22-24/h8-9,11,15H,2-7,10,12-13H2,1H3. The maximum absolute atomic E-state index is 12.5. The van der Waals surface area contributed by atoms with Crippen LogP contribution < -0.4 is 10.5 Å². The molecule has 1 atom stereocenters. The van der Waals surface area contributed by atoms with E-state index in [1.54, 1.807) is 24.1 Å². The average Bonchev–Trinajstić information content (AvgIpc) is 3.11. The van der Waals surface area contributed by atoms with E-state index in [9.17, 15) is 4.79 Å². The highest BCUT2D eigenvalue weighted by molar-refractivity contribution is 5.40. The lowest BCUT2D eigenvalue weighted by molar-refractivity contribution is 0.178. The van der Waals surface area contributed by atoms with Crippen LogP contribution in [-0.4, -0.2) is 39.4 Å². The summed E-state index contributed by atoms with van der Waals surface area (Å²) in [6, 6.07) is 3.95. The van der Waals surface area contributed by atoms with Crippen LogP contribution in [0, 0.1) is 0 Å². The molecule has 2 aliphatic rings. The molecule has 0 radical (unpaired) electrons. The first-order valence-corrected chi connectivity index (χ1v) is 9.42. The number of methoxy groups -OCH3 is 1. The Hall–Kier alpha value is -2.28. The van der Waals surface area contributed by atoms with Crippen molar-refractivity contribution in [2.24, 2.45) is 0 Å². The lowest BCUT2D eigenvalue weighted by Gasteiger charge is -2.26. The Morgan fingerprint density at radius 3 is 3.04 bits per heavy atom. The minimum Gasteiger partial charge on any atom is -0.377 e. The summed E-state index contributed by atoms with van der Waals surface area (Å²) >= 11 is 0. The first-order valence-electron chi connectivity index (χ1n) is 9.42. The van der Waals surface area contributed by atoms with Gasteiger partial charge in [-0.1, -0.05) is 0 Å². The van der Waals surface area contributed by atoms with Crippen LogP contribution in [0.15, 0.2) is 23.1 Å². The van der Waals surface area contributed by atoms with E-state index in [4.69, 9.17) is 4.74 Å². The third-order valence-corrected chi connectivity index (χ3v) is 5.29. The molecule has 4 rings (SSSR count). The monoisotopic (exact) mass is 355 g/mol. The van der Waals surface area contributed by atoms with E-state index in [1.165, 1.54) is 0 Å². The summed E-state index contributed by atoms with van der Waals surface area (Å²) in [6.07, 6.45) is 8.19. The Morgan fingerprint density at radius 2 is 2.15 bits per heavy atom. The minimum atomic E-state index is 0.0141. The fourth-order valence-corrected chi connectivity index (χ4v) is 4.01. The lowest BCUT2D eigenvalue weighted by atomic mass is 9.97. The zero-order valence-electron chi connectivity index (χ0n) is 15.2. The summed E-state index contributed by atoms with van der Waals surface area (Å²) in [4.78, 5) is 23.6. The number of hydrogen-bond acceptors (Lipinski definition) is 6. The Morgan fingerprint density at radius 1 is 1.27 bits per heavy atom. The summed E-state index contributed by atoms with van der Waals surface area (Å²) in [6.45, 7) is 1.95. The molecule has 0 bridgehead atoms. The van der Waals surface area contributed by atoms with E-state index in [1.807, 2.05) is 6.07 Å². The Bertz CT molecular complexity index is 835. The predicted molar refractivity (Wildman–Crippen MR) is 98.3 cm³/mol. The van der Waals surface area contributed by atoms with Gasteiger partial charge in [-0.05, 0) is 50.2 Å². The predicted octanol–water partition coefficient (Wildman–Crippen LogP) is 1.73. The van der Waals surface area contributed by atoms with Crippen LogP contribution in [0.4, 0.5) is 5.82 Å². The number of nitrogens with zero attached hydrogens (tertiary/aromatic N) is 5. The second-order valence-electron chi connectivity index (χ2n) is 7.10. The van der Waals surface area contributed by atoms with E-state index in [0.29, 0.717) is 19.0 Å². The van der Waals surface area contributed by atoms with Gasteiger partial charge in [0.1, 0.15) is 12.4 Å². The number of anilines is 1. The van der Waals surface area contributed by atoms with Gasteiger partial charge < -0.3 is 9.64 Å². The summed E-state index contributed by atoms with van der Waals surface area (Å²) < 4.78 is 6.79. The molecule has 0 N–H and O–H groups in total. The van der Waals surface area contributed by atoms with Crippen molar-refractivity contribution in [2.45, 2.75) is 57.7 Å². The fraction of sp³-hybridized carbons (Fsp3) is 0.579. The second kappa shape index (κ2) is 7.53. The molecule has 0 amide bonds. The molecule has 3 heterocycles. The maximum Gasteiger partial charge on any atom is 0.267 e. The van der Waals surface area contributed by atoms with Gasteiger partial charge in [-0.3, -0.25) is 4.79 Å². The van der Waals surface area contributed by atoms with Gasteiger partial charge in [0.25, 0.3) is 5.56 Å². The largest absolute Gasteiger partial charge is 0.377 e. The number of rotatable bonds is 5. The number of hydrogen-bond donors (Lipinski definition) is 0. The zero-order chi connectivity index (χ0) is 17.9. The smallest absolute Gasteiger partial charge is 0.267 e. The summed E-state index contributed by atoms with van der Waals surface area (Å²) in [5, 5.41) is 4.68. The molecule has 0 saturated carbocycles. The molecule has 138 valence electrons. The molecule has 1 fully saturated rings. The first-order chi connectivity index (χ1) is 12.7. The number of ether oxygens (including phenoxy) is 1. The van der Waals surface area contributed by atoms with Gasteiger partial charge in [0.05, 0.1) is 18.3 Å². The van der Waals surface area contributed by atoms with Gasteiger partial charge in [0.2, 0.25) is 0 Å². The number of aromatic nitrogens is 4. The van der Waals surface area contributed by atoms with Gasteiger partial charge >= 0.3 is 0 Å². The normalized spacial score (nSPS) is 19.6. The molecule has 0 spiro atoms. The second-order valence-corrected chi connectivity index (χ2v) is 7.10. The van der Waals surface area contributed by atoms with Crippen molar-refractivity contribution in [2.75, 3.05) is 18.6 Å². The summed E-state index contributed by atoms with van der Waals surface area (Å²) in [5.41, 5.74) is 2.26. The maximum atomic E-state index is 12.5. The minimum absolute atomic E-state index is 0.0141. The van der Waals surface area contributed by atoms with Crippen LogP contribution in [0.25, 0.3) is 0 Å². The Balaban J connectivity index is 1.56. The zero-order valence-corrected chi connectivity index (χ0v) is 15.2. The molecule has 1 saturated heterocycles. The van der Waals surface area contributed by atoms with Crippen LogP contribution in [0.2, 0.25) is 0 Å². The summed E-state index contributed by atoms with van der Waals surface area (Å²) in [7, 11) is 1.64. The quantitative estimate of drug-likeness (QED) is 0.813. The molecule has 1 aliphatic heterocycles. The lowest BCUT2D eigenvalue weighted by Crippen LogP contribution is -2.38. The van der Waals surface area contributed by atoms with Crippen molar-refractivity contribution in [3.8, 4) is 0 Å². The van der Waals surface area contributed by atoms with Crippen LogP contribution in [-0.2, 0) is 30.7 Å². The van der Waals surface area contributed by atoms with Gasteiger partial charge in [0.15, 0.2) is 5.82 Å². The van der Waals surface area contributed by atoms with Gasteiger partial charge in [-0.2, -0.15) is 5.10 Å². The molecular formula is C19H25N5O2. The van der Waals surface area contributed by atoms with Crippen molar-refractivity contribution < 1.29 is 4.74 Å². The van der Waals surface area contributed by atoms with E-state index < -0.39 is 0 Å². The van der Waals surface area contributed by atoms with Gasteiger partial charge in [-0.25, -0.2) is 14.6 Å². The van der Waals surface area contributed by atoms with E-state index in [-0.39, 0.29) is 11.6 Å². The molecule has 1 aliphatic carbocycles. The van der Waals surface area contributed by atoms with Gasteiger partial charge in [-0.15, -0.1) is 0 Å². The molecule has 2 aromatic heterocycles. The molecule has 2 aromatic rings. The summed E-state index contributed by atoms with van der Waals surface area (Å²) in [5.74, 6) is 1.58. The van der Waals surface area contributed by atoms with Crippen molar-refractivity contribution >= 4 is 5.82 Å². The van der Waals surface area contributed by atoms with Gasteiger partial charge in [0, 0.05) is 25.9 Å². The molecule has 7 heteroatoms. The highest BCUT2D eigenvalue weighted by atomic mass is 16.5. The van der Waals surface area contributed by atoms with Crippen LogP contribution >= 0.6 is 0 Å². The SMILES string of the molecule is COCc1nccc(N2CCCC2Cn2nc3c(cc2=O)CCCC3)n1. The van der Waals surface area contributed by atoms with Crippen LogP contribution in [0.5, 0.6) is 0 Å². The van der Waals surface area contributed by atoms with Crippen molar-refractivity contribution in [3.63, 3.8) is 0 Å². The van der Waals surface area contributed by atoms with Crippen molar-refractivity contribution in [3.05, 3.63) is 45.8 Å². The highest BCUT2D eigenvalue weighted by Crippen LogP contribution is 2.25. The Kier molecular flexibility index (Phi) is 4.97. The number of fused-ring (bicyclic) bond motifs is 1. The van der Waals surface area contributed by atoms with Crippen LogP contribution in [0.3, 0.4) is 0 Å². The molecule has 7 nitrogen and oxygen atoms in total. The third-order valence-electron chi connectivity index (χ3n) is 5.29. The first kappa shape index (κ1) is 17.1. The number of aryl methyl sites for hydroxylation is 2. The van der Waals surface area contributed by atoms with E-state index in [2.05, 4.69) is 20.0 Å². The third kappa shape index (κ3) is 3.49. The van der Waals surface area contributed by atoms with E-state index in [0.717, 1.165) is 62.1 Å². The topological polar surface area (TPSA) is 73.1 Å². The van der Waals surface area contributed by atoms with Crippen molar-refractivity contribution in [1.82, 2.24) is 19.7 Å². The fourth-order valence-electron chi connectivity index (χ4n) is 4.01. The Labute approximate surface area is 153 Å². The average molecular weight is 355 g/mol. The molecule has 1 unspecified atom stereocenters. The molecular weight excluding hydrogens is 330 g/mol.